The van der Waals surface area contributed by atoms with E-state index in [-0.39, 0.29) is 11.9 Å². The van der Waals surface area contributed by atoms with Gasteiger partial charge in [-0.25, -0.2) is 0 Å². The van der Waals surface area contributed by atoms with Gasteiger partial charge in [0.2, 0.25) is 0 Å². The number of hydrogen-bond acceptors (Lipinski definition) is 3. The Kier molecular flexibility index (Phi) is 6.07. The molecule has 1 amide bonds. The first kappa shape index (κ1) is 19.3. The van der Waals surface area contributed by atoms with Crippen LogP contribution in [0.15, 0.2) is 60.3 Å². The highest BCUT2D eigenvalue weighted by Gasteiger charge is 2.27. The van der Waals surface area contributed by atoms with E-state index < -0.39 is 0 Å². The van der Waals surface area contributed by atoms with Crippen molar-refractivity contribution < 1.29 is 9.53 Å². The number of hydrogen-bond donors (Lipinski definition) is 1. The fraction of sp³-hybridized carbons (Fsp3) is 0.318. The van der Waals surface area contributed by atoms with Gasteiger partial charge < -0.3 is 15.0 Å². The van der Waals surface area contributed by atoms with Crippen LogP contribution in [0.2, 0.25) is 5.02 Å². The number of carbonyl (C=O) groups excluding carboxylic acids is 1. The first-order valence-corrected chi connectivity index (χ1v) is 9.48. The van der Waals surface area contributed by atoms with Gasteiger partial charge in [0.15, 0.2) is 0 Å². The summed E-state index contributed by atoms with van der Waals surface area (Å²) in [5, 5.41) is 3.54. The summed E-state index contributed by atoms with van der Waals surface area (Å²) in [6.07, 6.45) is 3.21. The van der Waals surface area contributed by atoms with Gasteiger partial charge in [0, 0.05) is 19.3 Å². The van der Waals surface area contributed by atoms with Gasteiger partial charge in [-0.1, -0.05) is 61.0 Å². The van der Waals surface area contributed by atoms with Crippen molar-refractivity contribution in [3.8, 4) is 5.75 Å². The fourth-order valence-corrected chi connectivity index (χ4v) is 3.79. The van der Waals surface area contributed by atoms with Gasteiger partial charge >= 0.3 is 0 Å². The van der Waals surface area contributed by atoms with Crippen LogP contribution in [0.5, 0.6) is 5.75 Å². The SMILES string of the molecule is COc1cccc(Cl)c1C(=O)N[C@@H](C1=CCC(C)CN1C)c1ccccc1. The predicted octanol–water partition coefficient (Wildman–Crippen LogP) is 4.68. The topological polar surface area (TPSA) is 41.6 Å². The lowest BCUT2D eigenvalue weighted by molar-refractivity contribution is 0.0933. The van der Waals surface area contributed by atoms with Crippen molar-refractivity contribution in [2.24, 2.45) is 5.92 Å². The Morgan fingerprint density at radius 2 is 1.96 bits per heavy atom. The summed E-state index contributed by atoms with van der Waals surface area (Å²) in [5.74, 6) is 0.806. The molecule has 0 fully saturated rings. The molecule has 3 rings (SSSR count). The van der Waals surface area contributed by atoms with Crippen LogP contribution < -0.4 is 10.1 Å². The summed E-state index contributed by atoms with van der Waals surface area (Å²) in [6, 6.07) is 15.0. The number of carbonyl (C=O) groups is 1. The molecule has 5 heteroatoms. The van der Waals surface area contributed by atoms with E-state index in [2.05, 4.69) is 30.3 Å². The minimum absolute atomic E-state index is 0.251. The van der Waals surface area contributed by atoms with Crippen LogP contribution in [0.1, 0.15) is 35.3 Å². The third-order valence-electron chi connectivity index (χ3n) is 4.88. The zero-order valence-electron chi connectivity index (χ0n) is 15.9. The maximum atomic E-state index is 13.1. The van der Waals surface area contributed by atoms with E-state index >= 15 is 0 Å². The van der Waals surface area contributed by atoms with Gasteiger partial charge in [-0.3, -0.25) is 4.79 Å². The largest absolute Gasteiger partial charge is 0.496 e. The average molecular weight is 385 g/mol. The molecular formula is C22H25ClN2O2. The number of likely N-dealkylation sites (N-methyl/N-ethyl adjacent to an activating group) is 1. The third-order valence-corrected chi connectivity index (χ3v) is 5.20. The number of benzene rings is 2. The van der Waals surface area contributed by atoms with Crippen molar-refractivity contribution in [3.63, 3.8) is 0 Å². The molecule has 142 valence electrons. The number of nitrogens with zero attached hydrogens (tertiary/aromatic N) is 1. The van der Waals surface area contributed by atoms with Crippen molar-refractivity contribution in [1.82, 2.24) is 10.2 Å². The number of halogens is 1. The summed E-state index contributed by atoms with van der Waals surface area (Å²) >= 11 is 6.30. The van der Waals surface area contributed by atoms with E-state index in [1.54, 1.807) is 18.2 Å². The Bertz CT molecular complexity index is 835. The Labute approximate surface area is 165 Å². The molecule has 4 nitrogen and oxygen atoms in total. The molecule has 0 radical (unpaired) electrons. The maximum absolute atomic E-state index is 13.1. The van der Waals surface area contributed by atoms with Crippen LogP contribution in [-0.4, -0.2) is 31.5 Å². The van der Waals surface area contributed by atoms with Crippen molar-refractivity contribution in [1.29, 1.82) is 0 Å². The van der Waals surface area contributed by atoms with Crippen molar-refractivity contribution >= 4 is 17.5 Å². The molecule has 0 saturated heterocycles. The molecule has 2 atom stereocenters. The highest BCUT2D eigenvalue weighted by molar-refractivity contribution is 6.34. The molecule has 1 aliphatic heterocycles. The van der Waals surface area contributed by atoms with Gasteiger partial charge in [-0.15, -0.1) is 0 Å². The van der Waals surface area contributed by atoms with Crippen LogP contribution in [0.3, 0.4) is 0 Å². The molecule has 27 heavy (non-hydrogen) atoms. The smallest absolute Gasteiger partial charge is 0.257 e. The number of allylic oxidation sites excluding steroid dienone is 1. The predicted molar refractivity (Wildman–Crippen MR) is 109 cm³/mol. The first-order chi connectivity index (χ1) is 13.0. The van der Waals surface area contributed by atoms with E-state index in [4.69, 9.17) is 16.3 Å². The van der Waals surface area contributed by atoms with Gasteiger partial charge in [0.05, 0.1) is 23.7 Å². The number of amides is 1. The monoisotopic (exact) mass is 384 g/mol. The summed E-state index contributed by atoms with van der Waals surface area (Å²) in [5.41, 5.74) is 2.48. The van der Waals surface area contributed by atoms with Crippen LogP contribution >= 0.6 is 11.6 Å². The fourth-order valence-electron chi connectivity index (χ4n) is 3.54. The molecule has 2 aromatic rings. The highest BCUT2D eigenvalue weighted by Crippen LogP contribution is 2.31. The Morgan fingerprint density at radius 3 is 2.63 bits per heavy atom. The minimum Gasteiger partial charge on any atom is -0.496 e. The Balaban J connectivity index is 1.97. The summed E-state index contributed by atoms with van der Waals surface area (Å²) in [6.45, 7) is 3.19. The van der Waals surface area contributed by atoms with Crippen LogP contribution in [-0.2, 0) is 0 Å². The Morgan fingerprint density at radius 1 is 1.22 bits per heavy atom. The first-order valence-electron chi connectivity index (χ1n) is 9.10. The number of ether oxygens (including phenoxy) is 1. The number of methoxy groups -OCH3 is 1. The Hall–Kier alpha value is -2.46. The molecule has 0 saturated carbocycles. The molecule has 0 aromatic heterocycles. The molecule has 1 aliphatic rings. The van der Waals surface area contributed by atoms with E-state index in [1.165, 1.54) is 7.11 Å². The number of nitrogens with one attached hydrogen (secondary N) is 1. The van der Waals surface area contributed by atoms with E-state index in [0.717, 1.165) is 24.2 Å². The minimum atomic E-state index is -0.253. The second-order valence-corrected chi connectivity index (χ2v) is 7.39. The van der Waals surface area contributed by atoms with Gasteiger partial charge in [-0.2, -0.15) is 0 Å². The van der Waals surface area contributed by atoms with E-state index in [1.807, 2.05) is 30.3 Å². The van der Waals surface area contributed by atoms with Crippen LogP contribution in [0.4, 0.5) is 0 Å². The van der Waals surface area contributed by atoms with E-state index in [0.29, 0.717) is 22.3 Å². The zero-order valence-corrected chi connectivity index (χ0v) is 16.7. The molecule has 0 bridgehead atoms. The standard InChI is InChI=1S/C22H25ClN2O2/c1-15-12-13-18(25(2)14-15)21(16-8-5-4-6-9-16)24-22(26)20-17(23)10-7-11-19(20)27-3/h4-11,13,15,21H,12,14H2,1-3H3,(H,24,26)/t15?,21-/m1/s1. The highest BCUT2D eigenvalue weighted by atomic mass is 35.5. The zero-order chi connectivity index (χ0) is 19.4. The van der Waals surface area contributed by atoms with E-state index in [9.17, 15) is 4.79 Å². The number of rotatable bonds is 5. The molecule has 0 spiro atoms. The lowest BCUT2D eigenvalue weighted by Gasteiger charge is -2.35. The molecular weight excluding hydrogens is 360 g/mol. The molecule has 1 unspecified atom stereocenters. The van der Waals surface area contributed by atoms with Crippen molar-refractivity contribution in [2.45, 2.75) is 19.4 Å². The van der Waals surface area contributed by atoms with Crippen LogP contribution in [0, 0.1) is 5.92 Å². The molecule has 0 aliphatic carbocycles. The van der Waals surface area contributed by atoms with Gasteiger partial charge in [0.1, 0.15) is 5.75 Å². The lowest BCUT2D eigenvalue weighted by atomic mass is 9.95. The summed E-state index contributed by atoms with van der Waals surface area (Å²) < 4.78 is 5.34. The second-order valence-electron chi connectivity index (χ2n) is 6.98. The average Bonchev–Trinajstić information content (AvgIpc) is 2.67. The maximum Gasteiger partial charge on any atom is 0.257 e. The normalized spacial score (nSPS) is 17.9. The quantitative estimate of drug-likeness (QED) is 0.814. The van der Waals surface area contributed by atoms with Crippen LogP contribution in [0.25, 0.3) is 0 Å². The molecule has 2 aromatic carbocycles. The van der Waals surface area contributed by atoms with Crippen molar-refractivity contribution in [2.75, 3.05) is 20.7 Å². The molecule has 1 heterocycles. The third kappa shape index (κ3) is 4.28. The summed E-state index contributed by atoms with van der Waals surface area (Å²) in [7, 11) is 3.61. The molecule has 1 N–H and O–H groups in total. The summed E-state index contributed by atoms with van der Waals surface area (Å²) in [4.78, 5) is 15.3. The van der Waals surface area contributed by atoms with Gasteiger partial charge in [-0.05, 0) is 30.0 Å². The van der Waals surface area contributed by atoms with Gasteiger partial charge in [0.25, 0.3) is 5.91 Å². The second kappa shape index (κ2) is 8.49. The lowest BCUT2D eigenvalue weighted by Crippen LogP contribution is -2.38. The van der Waals surface area contributed by atoms with Crippen molar-refractivity contribution in [3.05, 3.63) is 76.5 Å².